The maximum Gasteiger partial charge on any atom is 0.494 e. The van der Waals surface area contributed by atoms with Gasteiger partial charge in [-0.3, -0.25) is 0 Å². The molecule has 1 aromatic heterocycles. The highest BCUT2D eigenvalue weighted by Crippen LogP contribution is 2.36. The first-order valence-electron chi connectivity index (χ1n) is 6.69. The standard InChI is InChI=1S/C13H16BFN4O2/c1-12(2)13(3,4)21-14(20-12)9-5-6-11(10(15)7-9)19-8-16-17-18-19/h5-8H,1-4H3. The molecule has 6 nitrogen and oxygen atoms in total. The van der Waals surface area contributed by atoms with Gasteiger partial charge >= 0.3 is 7.12 Å². The molecule has 1 aliphatic rings. The molecule has 110 valence electrons. The molecule has 8 heteroatoms. The molecule has 0 atom stereocenters. The third-order valence-corrected chi connectivity index (χ3v) is 4.09. The van der Waals surface area contributed by atoms with E-state index < -0.39 is 24.1 Å². The summed E-state index contributed by atoms with van der Waals surface area (Å²) in [6.07, 6.45) is 1.34. The molecule has 0 aliphatic carbocycles. The number of aromatic nitrogens is 4. The average molecular weight is 290 g/mol. The normalized spacial score (nSPS) is 20.0. The van der Waals surface area contributed by atoms with Crippen molar-refractivity contribution in [1.82, 2.24) is 20.2 Å². The Kier molecular flexibility index (Phi) is 3.10. The zero-order chi connectivity index (χ0) is 15.3. The van der Waals surface area contributed by atoms with Crippen molar-refractivity contribution in [1.29, 1.82) is 0 Å². The topological polar surface area (TPSA) is 62.1 Å². The molecular weight excluding hydrogens is 274 g/mol. The van der Waals surface area contributed by atoms with Crippen LogP contribution in [0.1, 0.15) is 27.7 Å². The van der Waals surface area contributed by atoms with Crippen molar-refractivity contribution in [3.8, 4) is 5.69 Å². The number of hydrogen-bond donors (Lipinski definition) is 0. The molecular formula is C13H16BFN4O2. The van der Waals surface area contributed by atoms with Crippen LogP contribution in [0.5, 0.6) is 0 Å². The summed E-state index contributed by atoms with van der Waals surface area (Å²) in [7, 11) is -0.590. The summed E-state index contributed by atoms with van der Waals surface area (Å²) in [4.78, 5) is 0. The molecule has 0 bridgehead atoms. The Bertz CT molecular complexity index is 644. The number of rotatable bonds is 2. The highest BCUT2D eigenvalue weighted by molar-refractivity contribution is 6.62. The van der Waals surface area contributed by atoms with Crippen LogP contribution in [0.3, 0.4) is 0 Å². The van der Waals surface area contributed by atoms with E-state index in [0.717, 1.165) is 0 Å². The minimum absolute atomic E-state index is 0.278. The second-order valence-electron chi connectivity index (χ2n) is 6.05. The van der Waals surface area contributed by atoms with Gasteiger partial charge in [-0.05, 0) is 55.7 Å². The summed E-state index contributed by atoms with van der Waals surface area (Å²) in [6.45, 7) is 7.83. The number of halogens is 1. The van der Waals surface area contributed by atoms with Crippen LogP contribution in [0.4, 0.5) is 4.39 Å². The van der Waals surface area contributed by atoms with E-state index in [1.165, 1.54) is 17.1 Å². The number of benzene rings is 1. The molecule has 0 spiro atoms. The first-order valence-corrected chi connectivity index (χ1v) is 6.69. The van der Waals surface area contributed by atoms with Crippen LogP contribution >= 0.6 is 0 Å². The summed E-state index contributed by atoms with van der Waals surface area (Å²) in [5.74, 6) is -0.436. The van der Waals surface area contributed by atoms with Gasteiger partial charge in [0.1, 0.15) is 17.8 Å². The fourth-order valence-corrected chi connectivity index (χ4v) is 2.11. The van der Waals surface area contributed by atoms with E-state index >= 15 is 0 Å². The molecule has 1 aromatic carbocycles. The molecule has 1 saturated heterocycles. The quantitative estimate of drug-likeness (QED) is 0.775. The first kappa shape index (κ1) is 14.2. The van der Waals surface area contributed by atoms with Gasteiger partial charge in [0.2, 0.25) is 0 Å². The van der Waals surface area contributed by atoms with Gasteiger partial charge < -0.3 is 9.31 Å². The van der Waals surface area contributed by atoms with E-state index in [1.54, 1.807) is 12.1 Å². The van der Waals surface area contributed by atoms with Crippen LogP contribution in [-0.2, 0) is 9.31 Å². The van der Waals surface area contributed by atoms with Crippen molar-refractivity contribution in [2.24, 2.45) is 0 Å². The van der Waals surface area contributed by atoms with Gasteiger partial charge in [0.05, 0.1) is 11.2 Å². The molecule has 0 N–H and O–H groups in total. The molecule has 1 fully saturated rings. The van der Waals surface area contributed by atoms with Gasteiger partial charge in [0, 0.05) is 0 Å². The van der Waals surface area contributed by atoms with Gasteiger partial charge in [-0.2, -0.15) is 4.68 Å². The Labute approximate surface area is 122 Å². The van der Waals surface area contributed by atoms with Crippen LogP contribution in [0.2, 0.25) is 0 Å². The SMILES string of the molecule is CC1(C)OB(c2ccc(-n3cnnn3)c(F)c2)OC1(C)C. The van der Waals surface area contributed by atoms with Crippen LogP contribution in [0, 0.1) is 5.82 Å². The molecule has 0 amide bonds. The highest BCUT2D eigenvalue weighted by Gasteiger charge is 2.51. The van der Waals surface area contributed by atoms with Gasteiger partial charge in [-0.1, -0.05) is 6.07 Å². The van der Waals surface area contributed by atoms with Crippen molar-refractivity contribution >= 4 is 12.6 Å². The average Bonchev–Trinajstić information content (AvgIpc) is 2.96. The zero-order valence-corrected chi connectivity index (χ0v) is 12.4. The Morgan fingerprint density at radius 1 is 1.14 bits per heavy atom. The van der Waals surface area contributed by atoms with Crippen molar-refractivity contribution in [2.75, 3.05) is 0 Å². The first-order chi connectivity index (χ1) is 9.80. The van der Waals surface area contributed by atoms with Gasteiger partial charge in [-0.15, -0.1) is 5.10 Å². The molecule has 0 radical (unpaired) electrons. The summed E-state index contributed by atoms with van der Waals surface area (Å²) in [5.41, 5.74) is -0.00565. The third-order valence-electron chi connectivity index (χ3n) is 4.09. The number of nitrogens with zero attached hydrogens (tertiary/aromatic N) is 4. The minimum Gasteiger partial charge on any atom is -0.399 e. The van der Waals surface area contributed by atoms with E-state index in [-0.39, 0.29) is 5.69 Å². The monoisotopic (exact) mass is 290 g/mol. The Morgan fingerprint density at radius 2 is 1.81 bits per heavy atom. The highest BCUT2D eigenvalue weighted by atomic mass is 19.1. The Hall–Kier alpha value is -1.80. The molecule has 2 heterocycles. The van der Waals surface area contributed by atoms with Gasteiger partial charge in [0.25, 0.3) is 0 Å². The van der Waals surface area contributed by atoms with Crippen LogP contribution in [0.25, 0.3) is 5.69 Å². The third kappa shape index (κ3) is 2.34. The van der Waals surface area contributed by atoms with Crippen molar-refractivity contribution in [3.63, 3.8) is 0 Å². The van der Waals surface area contributed by atoms with Crippen LogP contribution in [-0.4, -0.2) is 38.5 Å². The van der Waals surface area contributed by atoms with Crippen molar-refractivity contribution in [3.05, 3.63) is 30.3 Å². The van der Waals surface area contributed by atoms with E-state index in [2.05, 4.69) is 15.5 Å². The maximum atomic E-state index is 14.2. The molecule has 3 rings (SSSR count). The molecule has 21 heavy (non-hydrogen) atoms. The predicted molar refractivity (Wildman–Crippen MR) is 74.8 cm³/mol. The van der Waals surface area contributed by atoms with Crippen molar-refractivity contribution < 1.29 is 13.7 Å². The molecule has 0 unspecified atom stereocenters. The lowest BCUT2D eigenvalue weighted by molar-refractivity contribution is 0.00578. The fraction of sp³-hybridized carbons (Fsp3) is 0.462. The van der Waals surface area contributed by atoms with Crippen LogP contribution < -0.4 is 5.46 Å². The van der Waals surface area contributed by atoms with E-state index in [0.29, 0.717) is 5.46 Å². The second kappa shape index (κ2) is 4.61. The van der Waals surface area contributed by atoms with Gasteiger partial charge in [-0.25, -0.2) is 4.39 Å². The lowest BCUT2D eigenvalue weighted by Crippen LogP contribution is -2.41. The van der Waals surface area contributed by atoms with E-state index in [4.69, 9.17) is 9.31 Å². The number of hydrogen-bond acceptors (Lipinski definition) is 5. The second-order valence-corrected chi connectivity index (χ2v) is 6.05. The van der Waals surface area contributed by atoms with Crippen molar-refractivity contribution in [2.45, 2.75) is 38.9 Å². The fourth-order valence-electron chi connectivity index (χ4n) is 2.11. The lowest BCUT2D eigenvalue weighted by Gasteiger charge is -2.32. The summed E-state index contributed by atoms with van der Waals surface area (Å²) in [6, 6.07) is 4.74. The smallest absolute Gasteiger partial charge is 0.399 e. The van der Waals surface area contributed by atoms with Gasteiger partial charge in [0.15, 0.2) is 0 Å². The maximum absolute atomic E-state index is 14.2. The lowest BCUT2D eigenvalue weighted by atomic mass is 9.79. The summed E-state index contributed by atoms with van der Waals surface area (Å²) >= 11 is 0. The minimum atomic E-state index is -0.590. The Morgan fingerprint density at radius 3 is 2.33 bits per heavy atom. The molecule has 1 aliphatic heterocycles. The largest absolute Gasteiger partial charge is 0.494 e. The van der Waals surface area contributed by atoms with Crippen LogP contribution in [0.15, 0.2) is 24.5 Å². The Balaban J connectivity index is 1.90. The predicted octanol–water partition coefficient (Wildman–Crippen LogP) is 1.10. The number of tetrazole rings is 1. The van der Waals surface area contributed by atoms with E-state index in [9.17, 15) is 4.39 Å². The van der Waals surface area contributed by atoms with E-state index in [1.807, 2.05) is 27.7 Å². The zero-order valence-electron chi connectivity index (χ0n) is 12.4. The molecule has 0 saturated carbocycles. The molecule has 2 aromatic rings. The summed E-state index contributed by atoms with van der Waals surface area (Å²) in [5, 5.41) is 10.7. The summed E-state index contributed by atoms with van der Waals surface area (Å²) < 4.78 is 27.3.